The van der Waals surface area contributed by atoms with Crippen molar-refractivity contribution in [2.45, 2.75) is 45.6 Å². The molecule has 0 bridgehead atoms. The molecular weight excluding hydrogens is 371 g/mol. The fraction of sp³-hybridized carbons (Fsp3) is 0.478. The van der Waals surface area contributed by atoms with Gasteiger partial charge in [-0.25, -0.2) is 9.18 Å². The van der Waals surface area contributed by atoms with E-state index in [0.29, 0.717) is 25.1 Å². The summed E-state index contributed by atoms with van der Waals surface area (Å²) < 4.78 is 19.3. The minimum absolute atomic E-state index is 0.0357. The summed E-state index contributed by atoms with van der Waals surface area (Å²) in [5, 5.41) is 0. The third-order valence-corrected chi connectivity index (χ3v) is 5.04. The first-order chi connectivity index (χ1) is 13.7. The summed E-state index contributed by atoms with van der Waals surface area (Å²) >= 11 is 0. The van der Waals surface area contributed by atoms with Gasteiger partial charge in [0.25, 0.3) is 0 Å². The Bertz CT molecular complexity index is 833. The van der Waals surface area contributed by atoms with E-state index in [2.05, 4.69) is 0 Å². The molecule has 2 amide bonds. The summed E-state index contributed by atoms with van der Waals surface area (Å²) in [6.45, 7) is 8.07. The summed E-state index contributed by atoms with van der Waals surface area (Å²) in [5.74, 6) is -0.375. The third kappa shape index (κ3) is 5.68. The van der Waals surface area contributed by atoms with E-state index in [4.69, 9.17) is 4.74 Å². The normalized spacial score (nSPS) is 17.6. The van der Waals surface area contributed by atoms with E-state index in [1.807, 2.05) is 31.7 Å². The molecule has 0 N–H and O–H groups in total. The van der Waals surface area contributed by atoms with Crippen LogP contribution in [0.3, 0.4) is 0 Å². The fourth-order valence-electron chi connectivity index (χ4n) is 3.57. The van der Waals surface area contributed by atoms with Crippen LogP contribution in [0.2, 0.25) is 0 Å². The summed E-state index contributed by atoms with van der Waals surface area (Å²) in [6, 6.07) is 4.62. The van der Waals surface area contributed by atoms with Crippen molar-refractivity contribution >= 4 is 23.6 Å². The van der Waals surface area contributed by atoms with Crippen LogP contribution in [0.4, 0.5) is 9.18 Å². The molecule has 29 heavy (non-hydrogen) atoms. The van der Waals surface area contributed by atoms with Crippen LogP contribution in [0.1, 0.15) is 51.2 Å². The zero-order chi connectivity index (χ0) is 21.0. The van der Waals surface area contributed by atoms with Crippen molar-refractivity contribution in [3.63, 3.8) is 0 Å². The Morgan fingerprint density at radius 3 is 2.45 bits per heavy atom. The zero-order valence-electron chi connectivity index (χ0n) is 17.4. The van der Waals surface area contributed by atoms with Gasteiger partial charge in [-0.2, -0.15) is 0 Å². The molecule has 1 fully saturated rings. The zero-order valence-corrected chi connectivity index (χ0v) is 17.4. The Kier molecular flexibility index (Phi) is 6.40. The van der Waals surface area contributed by atoms with Crippen LogP contribution >= 0.6 is 0 Å². The molecule has 0 aliphatic carbocycles. The van der Waals surface area contributed by atoms with Gasteiger partial charge >= 0.3 is 6.09 Å². The van der Waals surface area contributed by atoms with E-state index in [9.17, 15) is 14.0 Å². The smallest absolute Gasteiger partial charge is 0.410 e. The highest BCUT2D eigenvalue weighted by atomic mass is 19.1. The van der Waals surface area contributed by atoms with Gasteiger partial charge in [-0.05, 0) is 74.9 Å². The molecule has 2 heterocycles. The van der Waals surface area contributed by atoms with Crippen LogP contribution in [0.25, 0.3) is 11.6 Å². The first-order valence-corrected chi connectivity index (χ1v) is 10.2. The van der Waals surface area contributed by atoms with Crippen LogP contribution in [0.5, 0.6) is 0 Å². The van der Waals surface area contributed by atoms with E-state index in [1.54, 1.807) is 17.0 Å². The number of nitrogens with zero attached hydrogens (tertiary/aromatic N) is 2. The molecule has 3 rings (SSSR count). The van der Waals surface area contributed by atoms with Gasteiger partial charge in [0.15, 0.2) is 0 Å². The second-order valence-electron chi connectivity index (χ2n) is 8.50. The lowest BCUT2D eigenvalue weighted by Crippen LogP contribution is -2.39. The maximum Gasteiger partial charge on any atom is 0.410 e. The van der Waals surface area contributed by atoms with Gasteiger partial charge in [-0.3, -0.25) is 4.79 Å². The third-order valence-electron chi connectivity index (χ3n) is 5.04. The van der Waals surface area contributed by atoms with Gasteiger partial charge in [0.1, 0.15) is 11.4 Å². The van der Waals surface area contributed by atoms with Crippen LogP contribution < -0.4 is 0 Å². The van der Waals surface area contributed by atoms with Crippen LogP contribution in [-0.4, -0.2) is 53.6 Å². The maximum atomic E-state index is 13.8. The number of carbonyl (C=O) groups excluding carboxylic acids is 2. The number of carbonyl (C=O) groups is 2. The van der Waals surface area contributed by atoms with Gasteiger partial charge in [0.2, 0.25) is 5.91 Å². The van der Waals surface area contributed by atoms with E-state index >= 15 is 0 Å². The molecule has 1 saturated heterocycles. The van der Waals surface area contributed by atoms with Gasteiger partial charge in [0.05, 0.1) is 0 Å². The number of likely N-dealkylation sites (tertiary alicyclic amines) is 1. The SMILES string of the molecule is CC(C)(C)OC(=O)N1CC=C(c2ccc(F)cc2C=CC(=O)N2CCCC2)CC1. The van der Waals surface area contributed by atoms with Gasteiger partial charge in [0, 0.05) is 32.3 Å². The lowest BCUT2D eigenvalue weighted by atomic mass is 9.94. The molecule has 6 heteroatoms. The average molecular weight is 400 g/mol. The van der Waals surface area contributed by atoms with E-state index < -0.39 is 5.60 Å². The predicted octanol–water partition coefficient (Wildman–Crippen LogP) is 4.49. The maximum absolute atomic E-state index is 13.8. The van der Waals surface area contributed by atoms with Gasteiger partial charge < -0.3 is 14.5 Å². The number of hydrogen-bond acceptors (Lipinski definition) is 3. The van der Waals surface area contributed by atoms with E-state index in [1.165, 1.54) is 18.2 Å². The molecule has 2 aliphatic heterocycles. The standard InChI is InChI=1S/C23H29FN2O3/c1-23(2,3)29-22(28)26-14-10-17(11-15-26)20-8-7-19(24)16-18(20)6-9-21(27)25-12-4-5-13-25/h6-10,16H,4-5,11-15H2,1-3H3. The number of benzene rings is 1. The summed E-state index contributed by atoms with van der Waals surface area (Å²) in [5.41, 5.74) is 2.08. The van der Waals surface area contributed by atoms with Crippen molar-refractivity contribution in [1.29, 1.82) is 0 Å². The number of halogens is 1. The molecule has 0 aromatic heterocycles. The second kappa shape index (κ2) is 8.80. The molecule has 156 valence electrons. The molecule has 0 spiro atoms. The Labute approximate surface area is 171 Å². The number of hydrogen-bond donors (Lipinski definition) is 0. The van der Waals surface area contributed by atoms with Crippen molar-refractivity contribution in [3.05, 3.63) is 47.3 Å². The van der Waals surface area contributed by atoms with Gasteiger partial charge in [-0.1, -0.05) is 12.1 Å². The first kappa shape index (κ1) is 21.1. The highest BCUT2D eigenvalue weighted by Crippen LogP contribution is 2.28. The summed E-state index contributed by atoms with van der Waals surface area (Å²) in [6.07, 6.45) is 7.58. The lowest BCUT2D eigenvalue weighted by Gasteiger charge is -2.30. The van der Waals surface area contributed by atoms with Crippen molar-refractivity contribution in [1.82, 2.24) is 9.80 Å². The Morgan fingerprint density at radius 1 is 1.10 bits per heavy atom. The lowest BCUT2D eigenvalue weighted by molar-refractivity contribution is -0.124. The summed E-state index contributed by atoms with van der Waals surface area (Å²) in [7, 11) is 0. The van der Waals surface area contributed by atoms with E-state index in [-0.39, 0.29) is 17.8 Å². The number of ether oxygens (including phenoxy) is 1. The Balaban J connectivity index is 1.74. The van der Waals surface area contributed by atoms with Gasteiger partial charge in [-0.15, -0.1) is 0 Å². The van der Waals surface area contributed by atoms with Crippen molar-refractivity contribution < 1.29 is 18.7 Å². The average Bonchev–Trinajstić information content (AvgIpc) is 3.20. The molecule has 1 aromatic carbocycles. The quantitative estimate of drug-likeness (QED) is 0.703. The van der Waals surface area contributed by atoms with Crippen molar-refractivity contribution in [2.24, 2.45) is 0 Å². The number of amides is 2. The highest BCUT2D eigenvalue weighted by Gasteiger charge is 2.24. The molecule has 0 radical (unpaired) electrons. The van der Waals surface area contributed by atoms with Crippen LogP contribution in [0.15, 0.2) is 30.4 Å². The Morgan fingerprint density at radius 2 is 1.83 bits per heavy atom. The molecule has 5 nitrogen and oxygen atoms in total. The predicted molar refractivity (Wildman–Crippen MR) is 112 cm³/mol. The largest absolute Gasteiger partial charge is 0.444 e. The molecule has 0 saturated carbocycles. The molecule has 2 aliphatic rings. The minimum Gasteiger partial charge on any atom is -0.444 e. The second-order valence-corrected chi connectivity index (χ2v) is 8.50. The molecule has 0 atom stereocenters. The molecule has 0 unspecified atom stereocenters. The van der Waals surface area contributed by atoms with Crippen molar-refractivity contribution in [2.75, 3.05) is 26.2 Å². The monoisotopic (exact) mass is 400 g/mol. The summed E-state index contributed by atoms with van der Waals surface area (Å²) in [4.78, 5) is 28.0. The first-order valence-electron chi connectivity index (χ1n) is 10.2. The van der Waals surface area contributed by atoms with Crippen LogP contribution in [0, 0.1) is 5.82 Å². The topological polar surface area (TPSA) is 49.9 Å². The number of rotatable bonds is 3. The minimum atomic E-state index is -0.530. The molecular formula is C23H29FN2O3. The molecule has 1 aromatic rings. The van der Waals surface area contributed by atoms with E-state index in [0.717, 1.165) is 37.1 Å². The highest BCUT2D eigenvalue weighted by molar-refractivity contribution is 5.93. The fourth-order valence-corrected chi connectivity index (χ4v) is 3.57. The van der Waals surface area contributed by atoms with Crippen molar-refractivity contribution in [3.8, 4) is 0 Å². The van der Waals surface area contributed by atoms with Crippen LogP contribution in [-0.2, 0) is 9.53 Å². The Hall–Kier alpha value is -2.63.